The molecule has 0 saturated heterocycles. The minimum absolute atomic E-state index is 0.0385. The summed E-state index contributed by atoms with van der Waals surface area (Å²) in [4.78, 5) is 26.0. The molecular formula is C14H22N2O3S. The zero-order chi connectivity index (χ0) is 15.1. The maximum absolute atomic E-state index is 12.5. The lowest BCUT2D eigenvalue weighted by Gasteiger charge is -2.25. The van der Waals surface area contributed by atoms with Crippen molar-refractivity contribution in [3.8, 4) is 0 Å². The van der Waals surface area contributed by atoms with Crippen LogP contribution in [0, 0.1) is 5.92 Å². The van der Waals surface area contributed by atoms with Crippen molar-refractivity contribution in [1.82, 2.24) is 4.90 Å². The van der Waals surface area contributed by atoms with Crippen molar-refractivity contribution >= 4 is 28.9 Å². The Kier molecular flexibility index (Phi) is 6.51. The lowest BCUT2D eigenvalue weighted by Crippen LogP contribution is -2.39. The number of hydrogen-bond donors (Lipinski definition) is 1. The molecule has 0 aliphatic carbocycles. The minimum Gasteiger partial charge on any atom is -0.468 e. The van der Waals surface area contributed by atoms with Crippen LogP contribution in [0.5, 0.6) is 0 Å². The molecule has 1 amide bonds. The van der Waals surface area contributed by atoms with E-state index in [-0.39, 0.29) is 12.5 Å². The number of hydrogen-bond acceptors (Lipinski definition) is 5. The molecule has 0 radical (unpaired) electrons. The summed E-state index contributed by atoms with van der Waals surface area (Å²) in [5, 5.41) is 1.77. The quantitative estimate of drug-likeness (QED) is 0.784. The van der Waals surface area contributed by atoms with E-state index in [9.17, 15) is 9.59 Å². The molecule has 1 rings (SSSR count). The van der Waals surface area contributed by atoms with E-state index < -0.39 is 5.97 Å². The van der Waals surface area contributed by atoms with Gasteiger partial charge in [-0.2, -0.15) is 0 Å². The molecule has 0 saturated carbocycles. The highest BCUT2D eigenvalue weighted by atomic mass is 32.1. The number of carbonyl (C=O) groups is 2. The summed E-state index contributed by atoms with van der Waals surface area (Å²) in [6, 6.07) is 1.70. The minimum atomic E-state index is -0.417. The lowest BCUT2D eigenvalue weighted by molar-refractivity contribution is -0.141. The molecule has 1 aromatic heterocycles. The predicted molar refractivity (Wildman–Crippen MR) is 80.7 cm³/mol. The zero-order valence-corrected chi connectivity index (χ0v) is 13.0. The highest BCUT2D eigenvalue weighted by molar-refractivity contribution is 7.12. The maximum atomic E-state index is 12.5. The molecule has 20 heavy (non-hydrogen) atoms. The fourth-order valence-corrected chi connectivity index (χ4v) is 2.72. The topological polar surface area (TPSA) is 72.6 Å². The molecule has 0 bridgehead atoms. The first-order valence-electron chi connectivity index (χ1n) is 6.72. The van der Waals surface area contributed by atoms with Gasteiger partial charge in [0.05, 0.1) is 12.8 Å². The molecule has 112 valence electrons. The molecule has 0 spiro atoms. The third-order valence-electron chi connectivity index (χ3n) is 3.36. The van der Waals surface area contributed by atoms with Gasteiger partial charge < -0.3 is 15.4 Å². The fourth-order valence-electron chi connectivity index (χ4n) is 1.93. The summed E-state index contributed by atoms with van der Waals surface area (Å²) in [7, 11) is 1.32. The summed E-state index contributed by atoms with van der Waals surface area (Å²) in [6.07, 6.45) is 1.92. The normalized spacial score (nSPS) is 10.6. The Labute approximate surface area is 123 Å². The molecule has 0 aromatic carbocycles. The van der Waals surface area contributed by atoms with Crippen LogP contribution in [0.2, 0.25) is 0 Å². The summed E-state index contributed by atoms with van der Waals surface area (Å²) < 4.78 is 4.67. The average molecular weight is 298 g/mol. The van der Waals surface area contributed by atoms with Crippen molar-refractivity contribution in [2.75, 3.05) is 25.9 Å². The molecule has 0 aliphatic heterocycles. The Balaban J connectivity index is 2.89. The zero-order valence-electron chi connectivity index (χ0n) is 12.2. The number of esters is 1. The van der Waals surface area contributed by atoms with Gasteiger partial charge in [0.25, 0.3) is 5.91 Å². The number of carbonyl (C=O) groups excluding carboxylic acids is 2. The Bertz CT molecular complexity index is 455. The van der Waals surface area contributed by atoms with Crippen LogP contribution in [0.4, 0.5) is 5.69 Å². The predicted octanol–water partition coefficient (Wildman–Crippen LogP) is 2.38. The van der Waals surface area contributed by atoms with E-state index in [2.05, 4.69) is 18.6 Å². The molecule has 0 fully saturated rings. The van der Waals surface area contributed by atoms with Crippen LogP contribution in [-0.4, -0.2) is 37.0 Å². The number of methoxy groups -OCH3 is 1. The Morgan fingerprint density at radius 2 is 2.05 bits per heavy atom. The molecule has 2 N–H and O–H groups in total. The first kappa shape index (κ1) is 16.5. The Morgan fingerprint density at radius 3 is 2.50 bits per heavy atom. The van der Waals surface area contributed by atoms with E-state index in [4.69, 9.17) is 5.73 Å². The average Bonchev–Trinajstić information content (AvgIpc) is 2.88. The van der Waals surface area contributed by atoms with Crippen LogP contribution in [-0.2, 0) is 9.53 Å². The Morgan fingerprint density at radius 1 is 1.40 bits per heavy atom. The maximum Gasteiger partial charge on any atom is 0.325 e. The lowest BCUT2D eigenvalue weighted by atomic mass is 10.0. The summed E-state index contributed by atoms with van der Waals surface area (Å²) in [5.41, 5.74) is 6.24. The van der Waals surface area contributed by atoms with Crippen molar-refractivity contribution in [1.29, 1.82) is 0 Å². The van der Waals surface area contributed by atoms with Gasteiger partial charge in [-0.15, -0.1) is 11.3 Å². The van der Waals surface area contributed by atoms with Gasteiger partial charge in [-0.25, -0.2) is 0 Å². The van der Waals surface area contributed by atoms with E-state index >= 15 is 0 Å². The van der Waals surface area contributed by atoms with Crippen LogP contribution < -0.4 is 5.73 Å². The molecule has 6 heteroatoms. The van der Waals surface area contributed by atoms with Crippen LogP contribution in [0.15, 0.2) is 11.4 Å². The third-order valence-corrected chi connectivity index (χ3v) is 4.28. The molecule has 0 atom stereocenters. The monoisotopic (exact) mass is 298 g/mol. The largest absolute Gasteiger partial charge is 0.468 e. The SMILES string of the molecule is CCC(CC)CN(CC(=O)OC)C(=O)c1sccc1N. The number of nitrogens with zero attached hydrogens (tertiary/aromatic N) is 1. The molecule has 5 nitrogen and oxygen atoms in total. The highest BCUT2D eigenvalue weighted by Gasteiger charge is 2.24. The number of ether oxygens (including phenoxy) is 1. The van der Waals surface area contributed by atoms with Crippen molar-refractivity contribution in [3.63, 3.8) is 0 Å². The molecular weight excluding hydrogens is 276 g/mol. The van der Waals surface area contributed by atoms with Gasteiger partial charge in [0.15, 0.2) is 0 Å². The van der Waals surface area contributed by atoms with E-state index in [0.29, 0.717) is 23.0 Å². The van der Waals surface area contributed by atoms with Gasteiger partial charge in [-0.3, -0.25) is 9.59 Å². The number of thiophene rings is 1. The number of anilines is 1. The van der Waals surface area contributed by atoms with Crippen molar-refractivity contribution in [3.05, 3.63) is 16.3 Å². The number of nitrogen functional groups attached to an aromatic ring is 1. The van der Waals surface area contributed by atoms with Gasteiger partial charge in [0.2, 0.25) is 0 Å². The van der Waals surface area contributed by atoms with Gasteiger partial charge in [-0.1, -0.05) is 26.7 Å². The summed E-state index contributed by atoms with van der Waals surface area (Å²) in [6.45, 7) is 4.66. The van der Waals surface area contributed by atoms with Gasteiger partial charge in [-0.05, 0) is 17.4 Å². The van der Waals surface area contributed by atoms with Crippen molar-refractivity contribution in [2.45, 2.75) is 26.7 Å². The van der Waals surface area contributed by atoms with Crippen molar-refractivity contribution in [2.24, 2.45) is 5.92 Å². The van der Waals surface area contributed by atoms with Crippen LogP contribution in [0.1, 0.15) is 36.4 Å². The summed E-state index contributed by atoms with van der Waals surface area (Å²) in [5.74, 6) is -0.251. The highest BCUT2D eigenvalue weighted by Crippen LogP contribution is 2.22. The molecule has 0 unspecified atom stereocenters. The number of amides is 1. The van der Waals surface area contributed by atoms with Gasteiger partial charge in [0, 0.05) is 6.54 Å². The van der Waals surface area contributed by atoms with E-state index in [0.717, 1.165) is 12.8 Å². The van der Waals surface area contributed by atoms with Gasteiger partial charge in [0.1, 0.15) is 11.4 Å². The summed E-state index contributed by atoms with van der Waals surface area (Å²) >= 11 is 1.29. The standard InChI is InChI=1S/C14H22N2O3S/c1-4-10(5-2)8-16(9-12(17)19-3)14(18)13-11(15)6-7-20-13/h6-7,10H,4-5,8-9,15H2,1-3H3. The smallest absolute Gasteiger partial charge is 0.325 e. The number of nitrogens with two attached hydrogens (primary N) is 1. The van der Waals surface area contributed by atoms with E-state index in [1.165, 1.54) is 23.3 Å². The second-order valence-corrected chi connectivity index (χ2v) is 5.57. The van der Waals surface area contributed by atoms with E-state index in [1.54, 1.807) is 11.4 Å². The first-order valence-corrected chi connectivity index (χ1v) is 7.60. The fraction of sp³-hybridized carbons (Fsp3) is 0.571. The number of rotatable bonds is 7. The Hall–Kier alpha value is -1.56. The second-order valence-electron chi connectivity index (χ2n) is 4.65. The first-order chi connectivity index (χ1) is 9.53. The second kappa shape index (κ2) is 7.89. The molecule has 1 aromatic rings. The van der Waals surface area contributed by atoms with Crippen LogP contribution in [0.3, 0.4) is 0 Å². The molecule has 0 aliphatic rings. The molecule has 1 heterocycles. The van der Waals surface area contributed by atoms with E-state index in [1.807, 2.05) is 0 Å². The third kappa shape index (κ3) is 4.23. The van der Waals surface area contributed by atoms with Gasteiger partial charge >= 0.3 is 5.97 Å². The van der Waals surface area contributed by atoms with Crippen molar-refractivity contribution < 1.29 is 14.3 Å². The van der Waals surface area contributed by atoms with Crippen LogP contribution >= 0.6 is 11.3 Å². The van der Waals surface area contributed by atoms with Crippen LogP contribution in [0.25, 0.3) is 0 Å².